The van der Waals surface area contributed by atoms with Crippen molar-refractivity contribution in [2.24, 2.45) is 0 Å². The zero-order valence-corrected chi connectivity index (χ0v) is 10.6. The number of ether oxygens (including phenoxy) is 2. The van der Waals surface area contributed by atoms with E-state index in [1.165, 1.54) is 0 Å². The van der Waals surface area contributed by atoms with E-state index in [2.05, 4.69) is 10.3 Å². The molecule has 17 heavy (non-hydrogen) atoms. The molecule has 1 heterocycles. The summed E-state index contributed by atoms with van der Waals surface area (Å²) in [4.78, 5) is 4.15. The van der Waals surface area contributed by atoms with Gasteiger partial charge in [-0.2, -0.15) is 0 Å². The molecule has 1 atom stereocenters. The normalized spacial score (nSPS) is 14.1. The van der Waals surface area contributed by atoms with E-state index in [4.69, 9.17) is 9.47 Å². The second-order valence-corrected chi connectivity index (χ2v) is 4.15. The molecule has 1 rings (SSSR count). The Kier molecular flexibility index (Phi) is 5.18. The summed E-state index contributed by atoms with van der Waals surface area (Å²) in [5, 5.41) is 13.1. The molecule has 0 saturated carbocycles. The zero-order valence-electron chi connectivity index (χ0n) is 10.6. The van der Waals surface area contributed by atoms with E-state index in [0.717, 1.165) is 0 Å². The van der Waals surface area contributed by atoms with E-state index in [1.807, 2.05) is 6.07 Å². The lowest BCUT2D eigenvalue weighted by atomic mass is 10.0. The lowest BCUT2D eigenvalue weighted by Gasteiger charge is -2.23. The molecule has 1 aromatic rings. The summed E-state index contributed by atoms with van der Waals surface area (Å²) in [6.45, 7) is 2.67. The SMILES string of the molecule is COCCC(C)(O)CNc1ncccc1OC. The molecule has 0 aromatic carbocycles. The van der Waals surface area contributed by atoms with E-state index < -0.39 is 5.60 Å². The van der Waals surface area contributed by atoms with Crippen LogP contribution in [0.25, 0.3) is 0 Å². The van der Waals surface area contributed by atoms with Crippen molar-refractivity contribution in [1.29, 1.82) is 0 Å². The van der Waals surface area contributed by atoms with Crippen LogP contribution in [-0.4, -0.2) is 43.1 Å². The van der Waals surface area contributed by atoms with Crippen LogP contribution in [0.15, 0.2) is 18.3 Å². The molecule has 5 nitrogen and oxygen atoms in total. The van der Waals surface area contributed by atoms with Gasteiger partial charge in [0.05, 0.1) is 12.7 Å². The molecule has 5 heteroatoms. The maximum atomic E-state index is 10.1. The zero-order chi connectivity index (χ0) is 12.7. The van der Waals surface area contributed by atoms with Crippen LogP contribution in [0.2, 0.25) is 0 Å². The number of rotatable bonds is 7. The number of aliphatic hydroxyl groups is 1. The summed E-state index contributed by atoms with van der Waals surface area (Å²) < 4.78 is 10.1. The first-order chi connectivity index (χ1) is 8.09. The molecule has 0 aliphatic rings. The lowest BCUT2D eigenvalue weighted by Crippen LogP contribution is -2.34. The van der Waals surface area contributed by atoms with Crippen LogP contribution in [0.3, 0.4) is 0 Å². The standard InChI is InChI=1S/C12H20N2O3/c1-12(15,6-8-16-2)9-14-11-10(17-3)5-4-7-13-11/h4-5,7,15H,6,8-9H2,1-3H3,(H,13,14). The number of pyridine rings is 1. The molecule has 2 N–H and O–H groups in total. The van der Waals surface area contributed by atoms with Crippen molar-refractivity contribution in [3.63, 3.8) is 0 Å². The number of nitrogens with one attached hydrogen (secondary N) is 1. The molecule has 0 fully saturated rings. The number of hydrogen-bond acceptors (Lipinski definition) is 5. The fraction of sp³-hybridized carbons (Fsp3) is 0.583. The number of nitrogens with zero attached hydrogens (tertiary/aromatic N) is 1. The lowest BCUT2D eigenvalue weighted by molar-refractivity contribution is 0.0356. The molecule has 0 amide bonds. The van der Waals surface area contributed by atoms with Gasteiger partial charge in [-0.15, -0.1) is 0 Å². The van der Waals surface area contributed by atoms with Crippen LogP contribution in [0, 0.1) is 0 Å². The van der Waals surface area contributed by atoms with Gasteiger partial charge in [0.15, 0.2) is 11.6 Å². The van der Waals surface area contributed by atoms with Gasteiger partial charge in [0, 0.05) is 32.9 Å². The third-order valence-electron chi connectivity index (χ3n) is 2.47. The molecule has 0 radical (unpaired) electrons. The molecule has 0 aliphatic carbocycles. The Morgan fingerprint density at radius 3 is 2.88 bits per heavy atom. The minimum absolute atomic E-state index is 0.393. The molecule has 1 unspecified atom stereocenters. The first-order valence-electron chi connectivity index (χ1n) is 5.53. The van der Waals surface area contributed by atoms with Gasteiger partial charge in [0.2, 0.25) is 0 Å². The maximum absolute atomic E-state index is 10.1. The number of methoxy groups -OCH3 is 2. The van der Waals surface area contributed by atoms with Crippen molar-refractivity contribution in [3.8, 4) is 5.75 Å². The van der Waals surface area contributed by atoms with Crippen LogP contribution in [0.4, 0.5) is 5.82 Å². The molecular formula is C12H20N2O3. The molecule has 0 spiro atoms. The quantitative estimate of drug-likeness (QED) is 0.752. The van der Waals surface area contributed by atoms with Crippen molar-refractivity contribution in [1.82, 2.24) is 4.98 Å². The fourth-order valence-corrected chi connectivity index (χ4v) is 1.37. The smallest absolute Gasteiger partial charge is 0.168 e. The molecule has 96 valence electrons. The molecular weight excluding hydrogens is 220 g/mol. The van der Waals surface area contributed by atoms with Crippen LogP contribution in [-0.2, 0) is 4.74 Å². The average molecular weight is 240 g/mol. The van der Waals surface area contributed by atoms with E-state index >= 15 is 0 Å². The van der Waals surface area contributed by atoms with E-state index in [0.29, 0.717) is 31.1 Å². The van der Waals surface area contributed by atoms with Crippen molar-refractivity contribution < 1.29 is 14.6 Å². The van der Waals surface area contributed by atoms with Gasteiger partial charge in [-0.25, -0.2) is 4.98 Å². The van der Waals surface area contributed by atoms with E-state index in [9.17, 15) is 5.11 Å². The predicted molar refractivity (Wildman–Crippen MR) is 66.4 cm³/mol. The summed E-state index contributed by atoms with van der Waals surface area (Å²) in [6.07, 6.45) is 2.24. The Morgan fingerprint density at radius 1 is 1.47 bits per heavy atom. The van der Waals surface area contributed by atoms with Crippen molar-refractivity contribution in [2.75, 3.05) is 32.7 Å². The van der Waals surface area contributed by atoms with Crippen LogP contribution < -0.4 is 10.1 Å². The summed E-state index contributed by atoms with van der Waals surface area (Å²) in [5.74, 6) is 1.29. The predicted octanol–water partition coefficient (Wildman–Crippen LogP) is 1.29. The third-order valence-corrected chi connectivity index (χ3v) is 2.47. The number of anilines is 1. The molecule has 0 bridgehead atoms. The van der Waals surface area contributed by atoms with Crippen LogP contribution in [0.1, 0.15) is 13.3 Å². The number of aromatic nitrogens is 1. The van der Waals surface area contributed by atoms with E-state index in [-0.39, 0.29) is 0 Å². The topological polar surface area (TPSA) is 63.6 Å². The fourth-order valence-electron chi connectivity index (χ4n) is 1.37. The van der Waals surface area contributed by atoms with Gasteiger partial charge < -0.3 is 19.9 Å². The van der Waals surface area contributed by atoms with Gasteiger partial charge in [-0.1, -0.05) is 0 Å². The van der Waals surface area contributed by atoms with E-state index in [1.54, 1.807) is 33.4 Å². The van der Waals surface area contributed by atoms with Crippen molar-refractivity contribution in [3.05, 3.63) is 18.3 Å². The van der Waals surface area contributed by atoms with Gasteiger partial charge >= 0.3 is 0 Å². The molecule has 0 saturated heterocycles. The summed E-state index contributed by atoms with van der Waals surface area (Å²) in [5.41, 5.74) is -0.835. The maximum Gasteiger partial charge on any atom is 0.168 e. The molecule has 1 aromatic heterocycles. The van der Waals surface area contributed by atoms with Gasteiger partial charge in [0.1, 0.15) is 0 Å². The van der Waals surface area contributed by atoms with Crippen LogP contribution in [0.5, 0.6) is 5.75 Å². The highest BCUT2D eigenvalue weighted by Gasteiger charge is 2.20. The van der Waals surface area contributed by atoms with Gasteiger partial charge in [-0.3, -0.25) is 0 Å². The summed E-state index contributed by atoms with van der Waals surface area (Å²) in [6, 6.07) is 3.62. The van der Waals surface area contributed by atoms with Gasteiger partial charge in [0.25, 0.3) is 0 Å². The summed E-state index contributed by atoms with van der Waals surface area (Å²) >= 11 is 0. The minimum Gasteiger partial charge on any atom is -0.493 e. The second-order valence-electron chi connectivity index (χ2n) is 4.15. The highest BCUT2D eigenvalue weighted by Crippen LogP contribution is 2.21. The summed E-state index contributed by atoms with van der Waals surface area (Å²) in [7, 11) is 3.20. The Hall–Kier alpha value is -1.33. The Balaban J connectivity index is 2.54. The Labute approximate surface area is 102 Å². The minimum atomic E-state index is -0.835. The average Bonchev–Trinajstić information content (AvgIpc) is 2.34. The van der Waals surface area contributed by atoms with Crippen molar-refractivity contribution in [2.45, 2.75) is 18.9 Å². The van der Waals surface area contributed by atoms with Crippen molar-refractivity contribution >= 4 is 5.82 Å². The monoisotopic (exact) mass is 240 g/mol. The van der Waals surface area contributed by atoms with Gasteiger partial charge in [-0.05, 0) is 19.1 Å². The highest BCUT2D eigenvalue weighted by atomic mass is 16.5. The van der Waals surface area contributed by atoms with Crippen LogP contribution >= 0.6 is 0 Å². The highest BCUT2D eigenvalue weighted by molar-refractivity contribution is 5.49. The Morgan fingerprint density at radius 2 is 2.24 bits per heavy atom. The third kappa shape index (κ3) is 4.58. The first kappa shape index (κ1) is 13.7. The number of hydrogen-bond donors (Lipinski definition) is 2. The first-order valence-corrected chi connectivity index (χ1v) is 5.53. The second kappa shape index (κ2) is 6.42. The largest absolute Gasteiger partial charge is 0.493 e. The molecule has 0 aliphatic heterocycles. The Bertz CT molecular complexity index is 342.